The van der Waals surface area contributed by atoms with Crippen molar-refractivity contribution in [1.29, 1.82) is 0 Å². The molecule has 7 N–H and O–H groups in total. The topological polar surface area (TPSA) is 163 Å². The molecule has 11 nitrogen and oxygen atoms in total. The number of hydrogen-bond donors (Lipinski definition) is 6. The van der Waals surface area contributed by atoms with Gasteiger partial charge in [0.15, 0.2) is 0 Å². The van der Waals surface area contributed by atoms with E-state index in [-0.39, 0.29) is 19.7 Å². The van der Waals surface area contributed by atoms with Crippen LogP contribution in [-0.4, -0.2) is 54.5 Å². The van der Waals surface area contributed by atoms with E-state index in [9.17, 15) is 14.4 Å². The van der Waals surface area contributed by atoms with Gasteiger partial charge >= 0.3 is 0 Å². The van der Waals surface area contributed by atoms with Crippen LogP contribution in [0.1, 0.15) is 23.2 Å². The molecule has 3 heterocycles. The molecule has 0 saturated heterocycles. The van der Waals surface area contributed by atoms with Crippen molar-refractivity contribution in [3.63, 3.8) is 0 Å². The average molecular weight is 491 g/mol. The van der Waals surface area contributed by atoms with Gasteiger partial charge in [-0.15, -0.1) is 0 Å². The lowest BCUT2D eigenvalue weighted by Crippen LogP contribution is -2.45. The highest BCUT2D eigenvalue weighted by atomic mass is 17.2. The summed E-state index contributed by atoms with van der Waals surface area (Å²) in [5, 5.41) is 9.62. The molecule has 4 aromatic rings. The van der Waals surface area contributed by atoms with E-state index >= 15 is 0 Å². The molecule has 1 aliphatic rings. The van der Waals surface area contributed by atoms with Crippen LogP contribution in [0, 0.1) is 0 Å². The Morgan fingerprint density at radius 2 is 1.42 bits per heavy atom. The first-order valence-electron chi connectivity index (χ1n) is 11.4. The van der Waals surface area contributed by atoms with Gasteiger partial charge in [-0.3, -0.25) is 14.4 Å². The van der Waals surface area contributed by atoms with Crippen LogP contribution in [0.4, 0.5) is 0 Å². The molecule has 186 valence electrons. The summed E-state index contributed by atoms with van der Waals surface area (Å²) in [6, 6.07) is 13.4. The highest BCUT2D eigenvalue weighted by Crippen LogP contribution is 2.40. The van der Waals surface area contributed by atoms with Crippen molar-refractivity contribution in [2.75, 3.05) is 26.8 Å². The van der Waals surface area contributed by atoms with Gasteiger partial charge in [0.1, 0.15) is 12.6 Å². The Morgan fingerprint density at radius 3 is 2.08 bits per heavy atom. The largest absolute Gasteiger partial charge is 0.353 e. The van der Waals surface area contributed by atoms with Crippen LogP contribution >= 0.6 is 0 Å². The SMILES string of the molecule is COOCC1NC(=O)CNC(=O)CNC(=O)C(N)c2c([nH]c3ccccc23)-c2[nH]c3ccccc3c21. The van der Waals surface area contributed by atoms with Crippen molar-refractivity contribution < 1.29 is 24.2 Å². The number of fused-ring (bicyclic) bond motifs is 7. The van der Waals surface area contributed by atoms with Crippen molar-refractivity contribution in [1.82, 2.24) is 25.9 Å². The number of rotatable bonds is 3. The standard InChI is InChI=1S/C25H26N6O5/c1-35-36-12-17-20-13-6-2-4-8-15(13)30-23(20)24-21(14-7-3-5-9-16(14)31-24)22(26)25(34)28-10-18(32)27-11-19(33)29-17/h2-9,17,22,30-31H,10-12,26H2,1H3,(H,27,32)(H,28,34)(H,29,33). The maximum atomic E-state index is 13.0. The fourth-order valence-electron chi connectivity index (χ4n) is 4.64. The van der Waals surface area contributed by atoms with Crippen molar-refractivity contribution in [2.24, 2.45) is 5.73 Å². The van der Waals surface area contributed by atoms with Gasteiger partial charge in [-0.25, -0.2) is 9.78 Å². The summed E-state index contributed by atoms with van der Waals surface area (Å²) in [6.45, 7) is -0.599. The summed E-state index contributed by atoms with van der Waals surface area (Å²) in [4.78, 5) is 55.0. The third kappa shape index (κ3) is 4.31. The average Bonchev–Trinajstić information content (AvgIpc) is 3.46. The molecule has 2 unspecified atom stereocenters. The smallest absolute Gasteiger partial charge is 0.242 e. The Labute approximate surface area is 205 Å². The van der Waals surface area contributed by atoms with Gasteiger partial charge in [-0.05, 0) is 12.1 Å². The number of amides is 3. The van der Waals surface area contributed by atoms with Crippen LogP contribution in [0.15, 0.2) is 48.5 Å². The zero-order valence-corrected chi connectivity index (χ0v) is 19.5. The van der Waals surface area contributed by atoms with Gasteiger partial charge in [0.25, 0.3) is 0 Å². The second-order valence-electron chi connectivity index (χ2n) is 8.46. The highest BCUT2D eigenvalue weighted by Gasteiger charge is 2.30. The number of benzene rings is 2. The monoisotopic (exact) mass is 490 g/mol. The second kappa shape index (κ2) is 9.82. The first-order chi connectivity index (χ1) is 17.5. The predicted octanol–water partition coefficient (Wildman–Crippen LogP) is 1.30. The van der Waals surface area contributed by atoms with Crippen LogP contribution < -0.4 is 21.7 Å². The second-order valence-corrected chi connectivity index (χ2v) is 8.46. The fourth-order valence-corrected chi connectivity index (χ4v) is 4.64. The summed E-state index contributed by atoms with van der Waals surface area (Å²) >= 11 is 0. The molecule has 2 atom stereocenters. The summed E-state index contributed by atoms with van der Waals surface area (Å²) < 4.78 is 0. The molecule has 0 fully saturated rings. The lowest BCUT2D eigenvalue weighted by atomic mass is 9.96. The maximum Gasteiger partial charge on any atom is 0.242 e. The molecule has 36 heavy (non-hydrogen) atoms. The molecule has 5 rings (SSSR count). The zero-order valence-electron chi connectivity index (χ0n) is 19.5. The van der Waals surface area contributed by atoms with Crippen LogP contribution in [0.5, 0.6) is 0 Å². The van der Waals surface area contributed by atoms with E-state index in [4.69, 9.17) is 15.5 Å². The molecular weight excluding hydrogens is 464 g/mol. The van der Waals surface area contributed by atoms with Gasteiger partial charge in [0, 0.05) is 32.9 Å². The minimum absolute atomic E-state index is 0.00681. The number of nitrogens with one attached hydrogen (secondary N) is 5. The van der Waals surface area contributed by atoms with E-state index < -0.39 is 29.8 Å². The number of H-pyrrole nitrogens is 2. The van der Waals surface area contributed by atoms with Crippen LogP contribution in [0.2, 0.25) is 0 Å². The third-order valence-electron chi connectivity index (χ3n) is 6.24. The summed E-state index contributed by atoms with van der Waals surface area (Å²) in [5.74, 6) is -1.46. The normalized spacial score (nSPS) is 19.2. The minimum Gasteiger partial charge on any atom is -0.353 e. The molecule has 1 aliphatic heterocycles. The molecule has 11 heteroatoms. The number of aromatic amines is 2. The van der Waals surface area contributed by atoms with Gasteiger partial charge in [0.2, 0.25) is 17.7 Å². The summed E-state index contributed by atoms with van der Waals surface area (Å²) in [6.07, 6.45) is 0. The third-order valence-corrected chi connectivity index (χ3v) is 6.24. The Balaban J connectivity index is 1.79. The van der Waals surface area contributed by atoms with Crippen LogP contribution in [0.3, 0.4) is 0 Å². The van der Waals surface area contributed by atoms with Crippen molar-refractivity contribution in [3.8, 4) is 11.4 Å². The molecular formula is C25H26N6O5. The fraction of sp³-hybridized carbons (Fsp3) is 0.240. The Kier molecular flexibility index (Phi) is 6.42. The molecule has 0 saturated carbocycles. The van der Waals surface area contributed by atoms with Crippen molar-refractivity contribution in [3.05, 3.63) is 59.7 Å². The van der Waals surface area contributed by atoms with Gasteiger partial charge in [0.05, 0.1) is 37.6 Å². The minimum atomic E-state index is -1.07. The molecule has 2 aromatic carbocycles. The molecule has 2 aromatic heterocycles. The number of hydrogen-bond acceptors (Lipinski definition) is 6. The van der Waals surface area contributed by atoms with Crippen molar-refractivity contribution >= 4 is 39.5 Å². The molecule has 0 radical (unpaired) electrons. The Morgan fingerprint density at radius 1 is 0.833 bits per heavy atom. The quantitative estimate of drug-likeness (QED) is 0.187. The number of aromatic nitrogens is 2. The number of carbonyl (C=O) groups excluding carboxylic acids is 3. The zero-order chi connectivity index (χ0) is 25.2. The highest BCUT2D eigenvalue weighted by molar-refractivity contribution is 6.01. The van der Waals surface area contributed by atoms with Crippen LogP contribution in [0.25, 0.3) is 33.2 Å². The number of nitrogens with two attached hydrogens (primary N) is 1. The van der Waals surface area contributed by atoms with Gasteiger partial charge in [-0.2, -0.15) is 0 Å². The number of para-hydroxylation sites is 2. The lowest BCUT2D eigenvalue weighted by Gasteiger charge is -2.21. The van der Waals surface area contributed by atoms with Gasteiger partial charge < -0.3 is 31.7 Å². The maximum absolute atomic E-state index is 13.0. The Bertz CT molecular complexity index is 1460. The molecule has 0 bridgehead atoms. The van der Waals surface area contributed by atoms with E-state index in [1.807, 2.05) is 48.5 Å². The van der Waals surface area contributed by atoms with Gasteiger partial charge in [-0.1, -0.05) is 36.4 Å². The van der Waals surface area contributed by atoms with E-state index in [1.54, 1.807) is 0 Å². The summed E-state index contributed by atoms with van der Waals surface area (Å²) in [5.41, 5.74) is 10.6. The van der Waals surface area contributed by atoms with E-state index in [0.29, 0.717) is 17.0 Å². The van der Waals surface area contributed by atoms with Crippen LogP contribution in [-0.2, 0) is 24.2 Å². The first-order valence-corrected chi connectivity index (χ1v) is 11.4. The number of carbonyl (C=O) groups is 3. The van der Waals surface area contributed by atoms with E-state index in [1.165, 1.54) is 7.11 Å². The molecule has 3 amide bonds. The Hall–Kier alpha value is -4.19. The van der Waals surface area contributed by atoms with E-state index in [2.05, 4.69) is 25.9 Å². The summed E-state index contributed by atoms with van der Waals surface area (Å²) in [7, 11) is 1.38. The molecule has 0 aliphatic carbocycles. The van der Waals surface area contributed by atoms with Crippen molar-refractivity contribution in [2.45, 2.75) is 12.1 Å². The van der Waals surface area contributed by atoms with E-state index in [0.717, 1.165) is 27.4 Å². The first kappa shape index (κ1) is 23.5. The molecule has 0 spiro atoms. The lowest BCUT2D eigenvalue weighted by molar-refractivity contribution is -0.276. The predicted molar refractivity (Wildman–Crippen MR) is 132 cm³/mol.